The molecule has 9 heteroatoms. The highest BCUT2D eigenvalue weighted by Crippen LogP contribution is 2.19. The second-order valence-corrected chi connectivity index (χ2v) is 8.54. The molecule has 0 bridgehead atoms. The number of halogens is 2. The SMILES string of the molecule is O=C(c1ccc(S(=O)(=O)C(F)F)cc1)N1CCN(CCOc2ccccc2)CC1. The molecule has 0 aromatic heterocycles. The standard InChI is InChI=1S/C20H22F2N2O4S/c21-20(22)29(26,27)18-8-6-16(7-9-18)19(25)24-12-10-23(11-13-24)14-15-28-17-4-2-1-3-5-17/h1-9,20H,10-15H2. The van der Waals surface area contributed by atoms with E-state index in [1.807, 2.05) is 30.3 Å². The number of hydrogen-bond donors (Lipinski definition) is 0. The smallest absolute Gasteiger partial charge is 0.341 e. The first-order valence-corrected chi connectivity index (χ1v) is 10.7. The van der Waals surface area contributed by atoms with Gasteiger partial charge in [-0.15, -0.1) is 0 Å². The van der Waals surface area contributed by atoms with Crippen LogP contribution in [0.3, 0.4) is 0 Å². The summed E-state index contributed by atoms with van der Waals surface area (Å²) in [5.74, 6) is -2.91. The second-order valence-electron chi connectivity index (χ2n) is 6.63. The van der Waals surface area contributed by atoms with Gasteiger partial charge in [-0.25, -0.2) is 8.42 Å². The highest BCUT2D eigenvalue weighted by Gasteiger charge is 2.27. The highest BCUT2D eigenvalue weighted by atomic mass is 32.2. The lowest BCUT2D eigenvalue weighted by Crippen LogP contribution is -2.49. The molecule has 2 aromatic rings. The van der Waals surface area contributed by atoms with Crippen molar-refractivity contribution < 1.29 is 26.7 Å². The van der Waals surface area contributed by atoms with E-state index in [-0.39, 0.29) is 11.5 Å². The van der Waals surface area contributed by atoms with Gasteiger partial charge < -0.3 is 9.64 Å². The van der Waals surface area contributed by atoms with Crippen LogP contribution in [-0.4, -0.2) is 69.2 Å². The van der Waals surface area contributed by atoms with E-state index in [0.29, 0.717) is 32.8 Å². The van der Waals surface area contributed by atoms with Crippen LogP contribution in [-0.2, 0) is 9.84 Å². The summed E-state index contributed by atoms with van der Waals surface area (Å²) in [4.78, 5) is 16.0. The third-order valence-electron chi connectivity index (χ3n) is 4.74. The van der Waals surface area contributed by atoms with Crippen LogP contribution in [0.4, 0.5) is 8.78 Å². The Hall–Kier alpha value is -2.52. The van der Waals surface area contributed by atoms with Crippen LogP contribution in [0.5, 0.6) is 5.75 Å². The predicted molar refractivity (Wildman–Crippen MR) is 104 cm³/mol. The first-order valence-electron chi connectivity index (χ1n) is 9.19. The Kier molecular flexibility index (Phi) is 6.81. The molecule has 1 heterocycles. The lowest BCUT2D eigenvalue weighted by Gasteiger charge is -2.34. The number of rotatable bonds is 7. The molecular formula is C20H22F2N2O4S. The average molecular weight is 424 g/mol. The normalized spacial score (nSPS) is 15.5. The Morgan fingerprint density at radius 3 is 2.17 bits per heavy atom. The largest absolute Gasteiger partial charge is 0.492 e. The zero-order chi connectivity index (χ0) is 20.9. The molecule has 0 atom stereocenters. The molecule has 6 nitrogen and oxygen atoms in total. The number of carbonyl (C=O) groups is 1. The second kappa shape index (κ2) is 9.32. The van der Waals surface area contributed by atoms with Gasteiger partial charge in [0.25, 0.3) is 5.91 Å². The molecule has 0 N–H and O–H groups in total. The zero-order valence-electron chi connectivity index (χ0n) is 15.7. The Bertz CT molecular complexity index is 913. The Morgan fingerprint density at radius 1 is 0.966 bits per heavy atom. The zero-order valence-corrected chi connectivity index (χ0v) is 16.5. The number of alkyl halides is 2. The molecule has 0 unspecified atom stereocenters. The molecule has 2 aromatic carbocycles. The Balaban J connectivity index is 1.48. The fraction of sp³-hybridized carbons (Fsp3) is 0.350. The molecule has 3 rings (SSSR count). The van der Waals surface area contributed by atoms with Crippen molar-refractivity contribution in [1.29, 1.82) is 0 Å². The van der Waals surface area contributed by atoms with Crippen molar-refractivity contribution in [3.05, 3.63) is 60.2 Å². The molecule has 29 heavy (non-hydrogen) atoms. The van der Waals surface area contributed by atoms with E-state index < -0.39 is 20.5 Å². The van der Waals surface area contributed by atoms with Crippen molar-refractivity contribution in [3.8, 4) is 5.75 Å². The van der Waals surface area contributed by atoms with Crippen molar-refractivity contribution >= 4 is 15.7 Å². The lowest BCUT2D eigenvalue weighted by molar-refractivity contribution is 0.0620. The van der Waals surface area contributed by atoms with Gasteiger partial charge in [-0.1, -0.05) is 18.2 Å². The van der Waals surface area contributed by atoms with E-state index in [4.69, 9.17) is 4.74 Å². The number of nitrogens with zero attached hydrogens (tertiary/aromatic N) is 2. The number of amides is 1. The van der Waals surface area contributed by atoms with Crippen LogP contribution in [0.2, 0.25) is 0 Å². The van der Waals surface area contributed by atoms with Crippen molar-refractivity contribution in [3.63, 3.8) is 0 Å². The van der Waals surface area contributed by atoms with Crippen LogP contribution < -0.4 is 4.74 Å². The van der Waals surface area contributed by atoms with Crippen LogP contribution in [0, 0.1) is 0 Å². The topological polar surface area (TPSA) is 66.9 Å². The van der Waals surface area contributed by atoms with Gasteiger partial charge in [0.15, 0.2) is 0 Å². The van der Waals surface area contributed by atoms with Crippen LogP contribution in [0.1, 0.15) is 10.4 Å². The van der Waals surface area contributed by atoms with Crippen molar-refractivity contribution in [2.45, 2.75) is 10.7 Å². The van der Waals surface area contributed by atoms with Crippen molar-refractivity contribution in [2.24, 2.45) is 0 Å². The maximum absolute atomic E-state index is 12.6. The van der Waals surface area contributed by atoms with Gasteiger partial charge in [-0.3, -0.25) is 9.69 Å². The number of hydrogen-bond acceptors (Lipinski definition) is 5. The number of carbonyl (C=O) groups excluding carboxylic acids is 1. The molecule has 1 fully saturated rings. The summed E-state index contributed by atoms with van der Waals surface area (Å²) in [7, 11) is -4.66. The predicted octanol–water partition coefficient (Wildman–Crippen LogP) is 2.52. The fourth-order valence-corrected chi connectivity index (χ4v) is 3.78. The van der Waals surface area contributed by atoms with E-state index in [2.05, 4.69) is 4.90 Å². The van der Waals surface area contributed by atoms with Gasteiger partial charge in [0.2, 0.25) is 9.84 Å². The maximum Gasteiger partial charge on any atom is 0.341 e. The number of piperazine rings is 1. The van der Waals surface area contributed by atoms with Crippen LogP contribution >= 0.6 is 0 Å². The molecule has 1 aliphatic rings. The summed E-state index contributed by atoms with van der Waals surface area (Å²) in [5, 5.41) is 0. The van der Waals surface area contributed by atoms with E-state index in [1.165, 1.54) is 12.1 Å². The fourth-order valence-electron chi connectivity index (χ4n) is 3.06. The minimum atomic E-state index is -4.66. The summed E-state index contributed by atoms with van der Waals surface area (Å²) >= 11 is 0. The van der Waals surface area contributed by atoms with Gasteiger partial charge in [0.05, 0.1) is 4.90 Å². The summed E-state index contributed by atoms with van der Waals surface area (Å²) < 4.78 is 53.8. The summed E-state index contributed by atoms with van der Waals surface area (Å²) in [6.07, 6.45) is 0. The molecular weight excluding hydrogens is 402 g/mol. The van der Waals surface area contributed by atoms with Gasteiger partial charge in [-0.05, 0) is 36.4 Å². The van der Waals surface area contributed by atoms with E-state index in [9.17, 15) is 22.0 Å². The molecule has 0 saturated carbocycles. The lowest BCUT2D eigenvalue weighted by atomic mass is 10.2. The molecule has 1 aliphatic heterocycles. The quantitative estimate of drug-likeness (QED) is 0.683. The average Bonchev–Trinajstić information content (AvgIpc) is 2.74. The monoisotopic (exact) mass is 424 g/mol. The number of benzene rings is 2. The first kappa shape index (κ1) is 21.2. The van der Waals surface area contributed by atoms with Crippen molar-refractivity contribution in [2.75, 3.05) is 39.3 Å². The van der Waals surface area contributed by atoms with Gasteiger partial charge in [0.1, 0.15) is 12.4 Å². The van der Waals surface area contributed by atoms with E-state index >= 15 is 0 Å². The van der Waals surface area contributed by atoms with Crippen LogP contribution in [0.25, 0.3) is 0 Å². The molecule has 156 valence electrons. The highest BCUT2D eigenvalue weighted by molar-refractivity contribution is 7.91. The molecule has 0 spiro atoms. The third kappa shape index (κ3) is 5.30. The van der Waals surface area contributed by atoms with Gasteiger partial charge in [-0.2, -0.15) is 8.78 Å². The molecule has 0 aliphatic carbocycles. The Morgan fingerprint density at radius 2 is 1.59 bits per heavy atom. The molecule has 1 amide bonds. The molecule has 1 saturated heterocycles. The van der Waals surface area contributed by atoms with Crippen molar-refractivity contribution in [1.82, 2.24) is 9.80 Å². The number of sulfone groups is 1. The van der Waals surface area contributed by atoms with Crippen LogP contribution in [0.15, 0.2) is 59.5 Å². The summed E-state index contributed by atoms with van der Waals surface area (Å²) in [5.41, 5.74) is 0.277. The molecule has 0 radical (unpaired) electrons. The minimum Gasteiger partial charge on any atom is -0.492 e. The maximum atomic E-state index is 12.6. The van der Waals surface area contributed by atoms with Gasteiger partial charge in [0, 0.05) is 38.3 Å². The minimum absolute atomic E-state index is 0.244. The first-order chi connectivity index (χ1) is 13.9. The van der Waals surface area contributed by atoms with E-state index in [1.54, 1.807) is 4.90 Å². The van der Waals surface area contributed by atoms with E-state index in [0.717, 1.165) is 24.4 Å². The van der Waals surface area contributed by atoms with Gasteiger partial charge >= 0.3 is 5.76 Å². The Labute approximate surface area is 168 Å². The number of ether oxygens (including phenoxy) is 1. The third-order valence-corrected chi connectivity index (χ3v) is 6.14. The summed E-state index contributed by atoms with van der Waals surface area (Å²) in [6.45, 7) is 3.75. The summed E-state index contributed by atoms with van der Waals surface area (Å²) in [6, 6.07) is 14.2. The number of para-hydroxylation sites is 1.